The van der Waals surface area contributed by atoms with E-state index >= 15 is 0 Å². The molecule has 2 aromatic rings. The molecule has 0 saturated heterocycles. The number of imidazole rings is 1. The maximum atomic E-state index is 9.33. The fraction of sp³-hybridized carbons (Fsp3) is 0.308. The first-order chi connectivity index (χ1) is 8.09. The van der Waals surface area contributed by atoms with Crippen LogP contribution in [0.1, 0.15) is 11.4 Å². The number of aromatic nitrogens is 2. The molecule has 0 atom stereocenters. The average molecular weight is 233 g/mol. The molecule has 4 heteroatoms. The molecule has 1 aromatic heterocycles. The summed E-state index contributed by atoms with van der Waals surface area (Å²) in [6, 6.07) is 7.39. The van der Waals surface area contributed by atoms with Crippen molar-refractivity contribution < 1.29 is 5.11 Å². The van der Waals surface area contributed by atoms with Crippen LogP contribution in [0.2, 0.25) is 0 Å². The van der Waals surface area contributed by atoms with Crippen LogP contribution in [0.5, 0.6) is 5.75 Å². The summed E-state index contributed by atoms with van der Waals surface area (Å²) in [5.41, 5.74) is 0.970. The molecule has 0 aliphatic rings. The number of aromatic amines is 1. The predicted octanol–water partition coefficient (Wildman–Crippen LogP) is 2.17. The predicted molar refractivity (Wildman–Crippen MR) is 68.8 cm³/mol. The molecule has 4 nitrogen and oxygen atoms in total. The van der Waals surface area contributed by atoms with Crippen molar-refractivity contribution in [3.63, 3.8) is 0 Å². The fourth-order valence-corrected chi connectivity index (χ4v) is 1.33. The number of nitrogens with one attached hydrogen (secondary N) is 1. The maximum absolute atomic E-state index is 9.33. The quantitative estimate of drug-likeness (QED) is 0.836. The van der Waals surface area contributed by atoms with Gasteiger partial charge in [-0.05, 0) is 27.1 Å². The van der Waals surface area contributed by atoms with Crippen LogP contribution in [0.15, 0.2) is 36.7 Å². The van der Waals surface area contributed by atoms with E-state index in [4.69, 9.17) is 0 Å². The lowest BCUT2D eigenvalue weighted by Crippen LogP contribution is -2.10. The van der Waals surface area contributed by atoms with Gasteiger partial charge in [-0.25, -0.2) is 4.98 Å². The van der Waals surface area contributed by atoms with Gasteiger partial charge in [-0.15, -0.1) is 0 Å². The van der Waals surface area contributed by atoms with Gasteiger partial charge < -0.3 is 15.0 Å². The van der Waals surface area contributed by atoms with Gasteiger partial charge in [0.25, 0.3) is 0 Å². The van der Waals surface area contributed by atoms with Crippen molar-refractivity contribution in [2.24, 2.45) is 0 Å². The number of para-hydroxylation sites is 1. The summed E-state index contributed by atoms with van der Waals surface area (Å²) in [6.07, 6.45) is 3.53. The molecule has 0 aliphatic heterocycles. The van der Waals surface area contributed by atoms with Crippen LogP contribution in [-0.2, 0) is 6.54 Å². The second-order valence-electron chi connectivity index (χ2n) is 4.04. The Hall–Kier alpha value is -1.81. The van der Waals surface area contributed by atoms with Crippen molar-refractivity contribution in [1.29, 1.82) is 0 Å². The molecule has 92 valence electrons. The highest BCUT2D eigenvalue weighted by Crippen LogP contribution is 2.16. The monoisotopic (exact) mass is 233 g/mol. The molecule has 0 radical (unpaired) electrons. The number of aromatic hydroxyl groups is 1. The normalized spacial score (nSPS) is 9.88. The molecule has 0 spiro atoms. The minimum Gasteiger partial charge on any atom is -0.508 e. The van der Waals surface area contributed by atoms with Crippen LogP contribution in [0.3, 0.4) is 0 Å². The molecule has 0 aliphatic carbocycles. The lowest BCUT2D eigenvalue weighted by Gasteiger charge is -2.10. The standard InChI is InChI=1S/C9H13NO.C4H6N2/c1-10(2)7-8-5-3-4-6-9(8)11;1-4-5-2-3-6-4/h3-6,11H,7H2,1-2H3;2-3H,1H3,(H,5,6). The molecule has 0 fully saturated rings. The van der Waals surface area contributed by atoms with Gasteiger partial charge in [0, 0.05) is 24.5 Å². The fourth-order valence-electron chi connectivity index (χ4n) is 1.33. The number of nitrogens with zero attached hydrogens (tertiary/aromatic N) is 2. The van der Waals surface area contributed by atoms with E-state index in [9.17, 15) is 5.11 Å². The highest BCUT2D eigenvalue weighted by atomic mass is 16.3. The van der Waals surface area contributed by atoms with Crippen molar-refractivity contribution in [2.45, 2.75) is 13.5 Å². The number of rotatable bonds is 2. The third-order valence-corrected chi connectivity index (χ3v) is 2.11. The third-order valence-electron chi connectivity index (χ3n) is 2.11. The third kappa shape index (κ3) is 5.17. The van der Waals surface area contributed by atoms with Gasteiger partial charge in [0.15, 0.2) is 0 Å². The number of hydrogen-bond acceptors (Lipinski definition) is 3. The molecule has 0 unspecified atom stereocenters. The highest BCUT2D eigenvalue weighted by molar-refractivity contribution is 5.31. The second kappa shape index (κ2) is 6.70. The van der Waals surface area contributed by atoms with E-state index in [2.05, 4.69) is 9.97 Å². The lowest BCUT2D eigenvalue weighted by molar-refractivity contribution is 0.386. The maximum Gasteiger partial charge on any atom is 0.120 e. The van der Waals surface area contributed by atoms with Gasteiger partial charge in [-0.3, -0.25) is 0 Å². The zero-order valence-electron chi connectivity index (χ0n) is 10.5. The molecular weight excluding hydrogens is 214 g/mol. The Morgan fingerprint density at radius 3 is 2.41 bits per heavy atom. The Kier molecular flexibility index (Phi) is 5.23. The van der Waals surface area contributed by atoms with Gasteiger partial charge >= 0.3 is 0 Å². The van der Waals surface area contributed by atoms with Crippen molar-refractivity contribution in [3.8, 4) is 5.75 Å². The Balaban J connectivity index is 0.000000202. The van der Waals surface area contributed by atoms with E-state index in [1.54, 1.807) is 18.5 Å². The Morgan fingerprint density at radius 1 is 1.29 bits per heavy atom. The van der Waals surface area contributed by atoms with Crippen LogP contribution in [0.25, 0.3) is 0 Å². The minimum absolute atomic E-state index is 0.376. The van der Waals surface area contributed by atoms with Crippen molar-refractivity contribution in [2.75, 3.05) is 14.1 Å². The number of H-pyrrole nitrogens is 1. The van der Waals surface area contributed by atoms with Crippen molar-refractivity contribution in [1.82, 2.24) is 14.9 Å². The Labute approximate surface area is 102 Å². The molecule has 2 rings (SSSR count). The largest absolute Gasteiger partial charge is 0.508 e. The van der Waals surface area contributed by atoms with Gasteiger partial charge in [0.1, 0.15) is 11.6 Å². The van der Waals surface area contributed by atoms with Crippen LogP contribution >= 0.6 is 0 Å². The van der Waals surface area contributed by atoms with Crippen molar-refractivity contribution in [3.05, 3.63) is 48.0 Å². The van der Waals surface area contributed by atoms with E-state index in [1.165, 1.54) is 0 Å². The molecule has 2 N–H and O–H groups in total. The number of phenolic OH excluding ortho intramolecular Hbond substituents is 1. The van der Waals surface area contributed by atoms with E-state index < -0.39 is 0 Å². The SMILES string of the molecule is CN(C)Cc1ccccc1O.Cc1ncc[nH]1. The number of hydrogen-bond donors (Lipinski definition) is 2. The number of phenols is 1. The summed E-state index contributed by atoms with van der Waals surface area (Å²) >= 11 is 0. The zero-order valence-corrected chi connectivity index (χ0v) is 10.5. The first-order valence-corrected chi connectivity index (χ1v) is 5.47. The molecular formula is C13H19N3O. The Morgan fingerprint density at radius 2 is 2.00 bits per heavy atom. The summed E-state index contributed by atoms with van der Waals surface area (Å²) in [5, 5.41) is 9.33. The van der Waals surface area contributed by atoms with E-state index in [0.29, 0.717) is 5.75 Å². The van der Waals surface area contributed by atoms with Gasteiger partial charge in [-0.2, -0.15) is 0 Å². The summed E-state index contributed by atoms with van der Waals surface area (Å²) < 4.78 is 0. The molecule has 1 heterocycles. The van der Waals surface area contributed by atoms with Crippen LogP contribution in [-0.4, -0.2) is 34.1 Å². The minimum atomic E-state index is 0.376. The number of benzene rings is 1. The average Bonchev–Trinajstić information content (AvgIpc) is 2.73. The number of aryl methyl sites for hydroxylation is 1. The molecule has 0 bridgehead atoms. The zero-order chi connectivity index (χ0) is 12.7. The molecule has 0 saturated carbocycles. The summed E-state index contributed by atoms with van der Waals surface area (Å²) in [7, 11) is 3.96. The topological polar surface area (TPSA) is 52.1 Å². The summed E-state index contributed by atoms with van der Waals surface area (Å²) in [5.74, 6) is 1.34. The van der Waals surface area contributed by atoms with Crippen LogP contribution in [0.4, 0.5) is 0 Å². The van der Waals surface area contributed by atoms with E-state index in [1.807, 2.05) is 44.1 Å². The van der Waals surface area contributed by atoms with Crippen LogP contribution < -0.4 is 0 Å². The first kappa shape index (κ1) is 13.3. The van der Waals surface area contributed by atoms with Gasteiger partial charge in [0.05, 0.1) is 0 Å². The lowest BCUT2D eigenvalue weighted by atomic mass is 10.2. The molecule has 17 heavy (non-hydrogen) atoms. The first-order valence-electron chi connectivity index (χ1n) is 5.47. The van der Waals surface area contributed by atoms with Crippen LogP contribution in [0, 0.1) is 6.92 Å². The highest BCUT2D eigenvalue weighted by Gasteiger charge is 1.98. The smallest absolute Gasteiger partial charge is 0.120 e. The van der Waals surface area contributed by atoms with Crippen molar-refractivity contribution >= 4 is 0 Å². The molecule has 0 amide bonds. The second-order valence-corrected chi connectivity index (χ2v) is 4.04. The van der Waals surface area contributed by atoms with E-state index in [0.717, 1.165) is 17.9 Å². The van der Waals surface area contributed by atoms with Gasteiger partial charge in [-0.1, -0.05) is 18.2 Å². The van der Waals surface area contributed by atoms with E-state index in [-0.39, 0.29) is 0 Å². The molecule has 1 aromatic carbocycles. The Bertz CT molecular complexity index is 424. The van der Waals surface area contributed by atoms with Gasteiger partial charge in [0.2, 0.25) is 0 Å². The summed E-state index contributed by atoms with van der Waals surface area (Å²) in [6.45, 7) is 2.70. The summed E-state index contributed by atoms with van der Waals surface area (Å²) in [4.78, 5) is 8.77.